The van der Waals surface area contributed by atoms with Gasteiger partial charge in [0.25, 0.3) is 0 Å². The highest BCUT2D eigenvalue weighted by molar-refractivity contribution is 4.87. The van der Waals surface area contributed by atoms with E-state index in [9.17, 15) is 0 Å². The summed E-state index contributed by atoms with van der Waals surface area (Å²) in [5.74, 6) is 0. The first-order valence-electron chi connectivity index (χ1n) is 8.50. The smallest absolute Gasteiger partial charge is 0.0215 e. The lowest BCUT2D eigenvalue weighted by Gasteiger charge is -2.45. The zero-order chi connectivity index (χ0) is 13.7. The van der Waals surface area contributed by atoms with E-state index in [0.717, 1.165) is 18.6 Å². The van der Waals surface area contributed by atoms with Crippen LogP contribution in [0.1, 0.15) is 58.8 Å². The number of nitrogens with zero attached hydrogens (tertiary/aromatic N) is 2. The first kappa shape index (κ1) is 15.3. The zero-order valence-corrected chi connectivity index (χ0v) is 13.0. The van der Waals surface area contributed by atoms with Crippen LogP contribution in [0.3, 0.4) is 0 Å². The summed E-state index contributed by atoms with van der Waals surface area (Å²) in [6, 6.07) is 2.32. The summed E-state index contributed by atoms with van der Waals surface area (Å²) in [4.78, 5) is 5.46. The average Bonchev–Trinajstić information content (AvgIpc) is 2.49. The molecule has 2 unspecified atom stereocenters. The van der Waals surface area contributed by atoms with Crippen LogP contribution in [-0.4, -0.2) is 54.1 Å². The van der Waals surface area contributed by atoms with Crippen molar-refractivity contribution in [2.45, 2.75) is 76.9 Å². The van der Waals surface area contributed by atoms with Gasteiger partial charge in [0.15, 0.2) is 0 Å². The van der Waals surface area contributed by atoms with Crippen molar-refractivity contribution in [2.75, 3.05) is 26.2 Å². The molecule has 112 valence electrons. The number of nitrogens with two attached hydrogens (primary N) is 1. The van der Waals surface area contributed by atoms with E-state index >= 15 is 0 Å². The van der Waals surface area contributed by atoms with Gasteiger partial charge in [-0.25, -0.2) is 0 Å². The van der Waals surface area contributed by atoms with Gasteiger partial charge in [-0.1, -0.05) is 20.3 Å². The van der Waals surface area contributed by atoms with E-state index in [-0.39, 0.29) is 0 Å². The molecule has 2 aliphatic heterocycles. The number of likely N-dealkylation sites (tertiary alicyclic amines) is 2. The summed E-state index contributed by atoms with van der Waals surface area (Å²) in [6.45, 7) is 9.31. The van der Waals surface area contributed by atoms with Crippen molar-refractivity contribution in [3.8, 4) is 0 Å². The Morgan fingerprint density at radius 2 is 1.79 bits per heavy atom. The first-order valence-corrected chi connectivity index (χ1v) is 8.50. The van der Waals surface area contributed by atoms with Gasteiger partial charge in [-0.2, -0.15) is 0 Å². The number of rotatable bonds is 5. The van der Waals surface area contributed by atoms with Crippen LogP contribution in [0, 0.1) is 0 Å². The minimum atomic E-state index is 0.615. The highest BCUT2D eigenvalue weighted by Crippen LogP contribution is 2.27. The normalized spacial score (nSPS) is 29.5. The number of piperidine rings is 2. The predicted molar refractivity (Wildman–Crippen MR) is 82.4 cm³/mol. The minimum absolute atomic E-state index is 0.615. The average molecular weight is 267 g/mol. The highest BCUT2D eigenvalue weighted by atomic mass is 15.2. The lowest BCUT2D eigenvalue weighted by Crippen LogP contribution is -2.53. The standard InChI is InChI=1S/C16H33N3/c1-3-14-7-5-6-10-19(14)16-8-11-18(12-9-16)15(4-2)13-17/h14-16H,3-13,17H2,1-2H3. The van der Waals surface area contributed by atoms with Gasteiger partial charge in [0.05, 0.1) is 0 Å². The van der Waals surface area contributed by atoms with Crippen LogP contribution in [0.15, 0.2) is 0 Å². The maximum Gasteiger partial charge on any atom is 0.0215 e. The Balaban J connectivity index is 1.84. The van der Waals surface area contributed by atoms with Crippen molar-refractivity contribution in [1.29, 1.82) is 0 Å². The molecule has 0 aliphatic carbocycles. The van der Waals surface area contributed by atoms with E-state index < -0.39 is 0 Å². The monoisotopic (exact) mass is 267 g/mol. The highest BCUT2D eigenvalue weighted by Gasteiger charge is 2.31. The van der Waals surface area contributed by atoms with Crippen molar-refractivity contribution in [2.24, 2.45) is 5.73 Å². The third-order valence-corrected chi connectivity index (χ3v) is 5.37. The molecule has 0 aromatic carbocycles. The van der Waals surface area contributed by atoms with Crippen molar-refractivity contribution < 1.29 is 0 Å². The maximum absolute atomic E-state index is 5.88. The van der Waals surface area contributed by atoms with Crippen LogP contribution < -0.4 is 5.73 Å². The van der Waals surface area contributed by atoms with Gasteiger partial charge in [-0.15, -0.1) is 0 Å². The van der Waals surface area contributed by atoms with Gasteiger partial charge in [0.2, 0.25) is 0 Å². The van der Waals surface area contributed by atoms with E-state index in [0.29, 0.717) is 6.04 Å². The van der Waals surface area contributed by atoms with Gasteiger partial charge in [-0.05, 0) is 58.2 Å². The predicted octanol–water partition coefficient (Wildman–Crippen LogP) is 2.45. The molecule has 3 heteroatoms. The number of hydrogen-bond donors (Lipinski definition) is 1. The zero-order valence-electron chi connectivity index (χ0n) is 13.0. The molecule has 2 atom stereocenters. The molecular weight excluding hydrogens is 234 g/mol. The van der Waals surface area contributed by atoms with Gasteiger partial charge < -0.3 is 5.73 Å². The van der Waals surface area contributed by atoms with Crippen molar-refractivity contribution in [3.63, 3.8) is 0 Å². The molecule has 2 rings (SSSR count). The Hall–Kier alpha value is -0.120. The topological polar surface area (TPSA) is 32.5 Å². The molecule has 19 heavy (non-hydrogen) atoms. The maximum atomic E-state index is 5.88. The fourth-order valence-electron chi connectivity index (χ4n) is 4.10. The Morgan fingerprint density at radius 3 is 2.37 bits per heavy atom. The second kappa shape index (κ2) is 7.61. The van der Waals surface area contributed by atoms with Gasteiger partial charge in [0, 0.05) is 24.7 Å². The molecule has 0 saturated carbocycles. The van der Waals surface area contributed by atoms with E-state index in [1.807, 2.05) is 0 Å². The van der Waals surface area contributed by atoms with Crippen LogP contribution >= 0.6 is 0 Å². The van der Waals surface area contributed by atoms with Crippen molar-refractivity contribution in [1.82, 2.24) is 9.80 Å². The largest absolute Gasteiger partial charge is 0.329 e. The summed E-state index contributed by atoms with van der Waals surface area (Å²) in [5.41, 5.74) is 5.88. The number of hydrogen-bond acceptors (Lipinski definition) is 3. The van der Waals surface area contributed by atoms with Crippen LogP contribution in [0.4, 0.5) is 0 Å². The van der Waals surface area contributed by atoms with Crippen molar-refractivity contribution >= 4 is 0 Å². The summed E-state index contributed by atoms with van der Waals surface area (Å²) >= 11 is 0. The van der Waals surface area contributed by atoms with E-state index in [1.165, 1.54) is 64.6 Å². The molecule has 3 nitrogen and oxygen atoms in total. The quantitative estimate of drug-likeness (QED) is 0.830. The van der Waals surface area contributed by atoms with E-state index in [4.69, 9.17) is 5.73 Å². The van der Waals surface area contributed by atoms with Gasteiger partial charge >= 0.3 is 0 Å². The molecular formula is C16H33N3. The fourth-order valence-corrected chi connectivity index (χ4v) is 4.10. The molecule has 0 aromatic rings. The lowest BCUT2D eigenvalue weighted by atomic mass is 9.93. The third kappa shape index (κ3) is 3.71. The Kier molecular flexibility index (Phi) is 6.11. The summed E-state index contributed by atoms with van der Waals surface area (Å²) in [6.07, 6.45) is 9.52. The third-order valence-electron chi connectivity index (χ3n) is 5.37. The van der Waals surface area contributed by atoms with Crippen LogP contribution in [0.5, 0.6) is 0 Å². The van der Waals surface area contributed by atoms with Crippen LogP contribution in [0.25, 0.3) is 0 Å². The molecule has 0 bridgehead atoms. The van der Waals surface area contributed by atoms with Gasteiger partial charge in [0.1, 0.15) is 0 Å². The Bertz CT molecular complexity index is 244. The van der Waals surface area contributed by atoms with E-state index in [2.05, 4.69) is 23.6 Å². The van der Waals surface area contributed by atoms with E-state index in [1.54, 1.807) is 0 Å². The Labute approximate surface area is 119 Å². The molecule has 2 saturated heterocycles. The van der Waals surface area contributed by atoms with Gasteiger partial charge in [-0.3, -0.25) is 9.80 Å². The molecule has 2 heterocycles. The van der Waals surface area contributed by atoms with Crippen LogP contribution in [-0.2, 0) is 0 Å². The lowest BCUT2D eigenvalue weighted by molar-refractivity contribution is 0.0376. The fraction of sp³-hybridized carbons (Fsp3) is 1.00. The molecule has 0 aromatic heterocycles. The van der Waals surface area contributed by atoms with Crippen LogP contribution in [0.2, 0.25) is 0 Å². The SMILES string of the molecule is CCC(CN)N1CCC(N2CCCCC2CC)CC1. The second-order valence-corrected chi connectivity index (χ2v) is 6.36. The Morgan fingerprint density at radius 1 is 1.05 bits per heavy atom. The molecule has 0 radical (unpaired) electrons. The van der Waals surface area contributed by atoms with Crippen molar-refractivity contribution in [3.05, 3.63) is 0 Å². The molecule has 0 spiro atoms. The molecule has 0 amide bonds. The molecule has 2 aliphatic rings. The molecule has 2 N–H and O–H groups in total. The molecule has 2 fully saturated rings. The second-order valence-electron chi connectivity index (χ2n) is 6.36. The summed E-state index contributed by atoms with van der Waals surface area (Å²) < 4.78 is 0. The summed E-state index contributed by atoms with van der Waals surface area (Å²) in [7, 11) is 0. The minimum Gasteiger partial charge on any atom is -0.329 e. The summed E-state index contributed by atoms with van der Waals surface area (Å²) in [5, 5.41) is 0. The first-order chi connectivity index (χ1) is 9.30.